The number of carbonyl (C=O) groups is 3. The Labute approximate surface area is 172 Å². The summed E-state index contributed by atoms with van der Waals surface area (Å²) in [6.45, 7) is 4.95. The Kier molecular flexibility index (Phi) is 5.97. The summed E-state index contributed by atoms with van der Waals surface area (Å²) in [4.78, 5) is 43.0. The van der Waals surface area contributed by atoms with Crippen LogP contribution >= 0.6 is 11.8 Å². The van der Waals surface area contributed by atoms with Crippen molar-refractivity contribution in [3.8, 4) is 11.5 Å². The molecule has 0 spiro atoms. The Bertz CT molecular complexity index is 939. The van der Waals surface area contributed by atoms with Crippen molar-refractivity contribution in [2.45, 2.75) is 38.5 Å². The Balaban J connectivity index is 2.15. The highest BCUT2D eigenvalue weighted by atomic mass is 32.2. The van der Waals surface area contributed by atoms with Gasteiger partial charge in [-0.2, -0.15) is 0 Å². The molecule has 29 heavy (non-hydrogen) atoms. The van der Waals surface area contributed by atoms with E-state index in [0.717, 1.165) is 0 Å². The van der Waals surface area contributed by atoms with E-state index < -0.39 is 18.0 Å². The Morgan fingerprint density at radius 2 is 1.97 bits per heavy atom. The minimum Gasteiger partial charge on any atom is -0.493 e. The van der Waals surface area contributed by atoms with Gasteiger partial charge in [0.2, 0.25) is 5.91 Å². The molecule has 3 rings (SSSR count). The number of thioether (sulfide) groups is 1. The van der Waals surface area contributed by atoms with Gasteiger partial charge in [-0.1, -0.05) is 24.8 Å². The minimum atomic E-state index is -0.716. The SMILES string of the molecule is CCC1SC2=NC(C)=C(C(=O)OC)C(c3ccc(OC(C)=O)c(OC)c3)N2C1=O. The van der Waals surface area contributed by atoms with Crippen LogP contribution in [0, 0.1) is 0 Å². The molecule has 8 nitrogen and oxygen atoms in total. The molecule has 1 fully saturated rings. The van der Waals surface area contributed by atoms with Crippen LogP contribution in [0.2, 0.25) is 0 Å². The van der Waals surface area contributed by atoms with E-state index in [1.54, 1.807) is 30.0 Å². The predicted molar refractivity (Wildman–Crippen MR) is 108 cm³/mol. The van der Waals surface area contributed by atoms with Crippen LogP contribution in [-0.2, 0) is 19.1 Å². The summed E-state index contributed by atoms with van der Waals surface area (Å²) in [5.74, 6) is -0.586. The van der Waals surface area contributed by atoms with E-state index in [1.807, 2.05) is 6.92 Å². The number of hydrogen-bond acceptors (Lipinski definition) is 8. The van der Waals surface area contributed by atoms with Crippen molar-refractivity contribution in [3.05, 3.63) is 35.0 Å². The summed E-state index contributed by atoms with van der Waals surface area (Å²) >= 11 is 1.39. The zero-order chi connectivity index (χ0) is 21.3. The first-order chi connectivity index (χ1) is 13.8. The van der Waals surface area contributed by atoms with Crippen LogP contribution in [0.5, 0.6) is 11.5 Å². The lowest BCUT2D eigenvalue weighted by atomic mass is 9.94. The number of aliphatic imine (C=N–C) groups is 1. The van der Waals surface area contributed by atoms with Gasteiger partial charge in [-0.15, -0.1) is 0 Å². The molecule has 2 unspecified atom stereocenters. The van der Waals surface area contributed by atoms with Crippen LogP contribution in [0.3, 0.4) is 0 Å². The third kappa shape index (κ3) is 3.74. The van der Waals surface area contributed by atoms with Crippen molar-refractivity contribution in [1.29, 1.82) is 0 Å². The van der Waals surface area contributed by atoms with Crippen molar-refractivity contribution in [2.24, 2.45) is 4.99 Å². The monoisotopic (exact) mass is 418 g/mol. The van der Waals surface area contributed by atoms with Gasteiger partial charge in [-0.3, -0.25) is 14.5 Å². The normalized spacial score (nSPS) is 20.9. The molecule has 1 amide bonds. The maximum Gasteiger partial charge on any atom is 0.338 e. The van der Waals surface area contributed by atoms with Gasteiger partial charge < -0.3 is 14.2 Å². The molecule has 2 aliphatic heterocycles. The second-order valence-corrected chi connectivity index (χ2v) is 7.68. The molecular formula is C20H22N2O6S. The van der Waals surface area contributed by atoms with Crippen LogP contribution < -0.4 is 9.47 Å². The lowest BCUT2D eigenvalue weighted by Crippen LogP contribution is -2.40. The van der Waals surface area contributed by atoms with E-state index in [0.29, 0.717) is 28.6 Å². The van der Waals surface area contributed by atoms with E-state index in [9.17, 15) is 14.4 Å². The molecule has 0 saturated carbocycles. The second kappa shape index (κ2) is 8.28. The smallest absolute Gasteiger partial charge is 0.338 e. The highest BCUT2D eigenvalue weighted by Crippen LogP contribution is 2.45. The Hall–Kier alpha value is -2.81. The van der Waals surface area contributed by atoms with Crippen molar-refractivity contribution >= 4 is 34.8 Å². The standard InChI is InChI=1S/C20H22N2O6S/c1-6-15-18(24)22-17(16(19(25)27-5)10(2)21-20(22)29-15)12-7-8-13(28-11(3)23)14(9-12)26-4/h7-9,15,17H,6H2,1-5H3. The topological polar surface area (TPSA) is 94.5 Å². The number of fused-ring (bicyclic) bond motifs is 1. The van der Waals surface area contributed by atoms with E-state index >= 15 is 0 Å². The Morgan fingerprint density at radius 3 is 2.55 bits per heavy atom. The average Bonchev–Trinajstić information content (AvgIpc) is 3.01. The molecule has 1 aromatic carbocycles. The molecule has 2 heterocycles. The number of allylic oxidation sites excluding steroid dienone is 1. The van der Waals surface area contributed by atoms with Gasteiger partial charge in [0.25, 0.3) is 0 Å². The summed E-state index contributed by atoms with van der Waals surface area (Å²) in [6, 6.07) is 4.21. The van der Waals surface area contributed by atoms with Gasteiger partial charge in [-0.05, 0) is 31.0 Å². The van der Waals surface area contributed by atoms with Crippen molar-refractivity contribution in [1.82, 2.24) is 4.90 Å². The molecule has 0 aliphatic carbocycles. The van der Waals surface area contributed by atoms with Crippen LogP contribution in [-0.4, -0.2) is 47.4 Å². The molecule has 0 N–H and O–H groups in total. The highest BCUT2D eigenvalue weighted by Gasteiger charge is 2.47. The number of rotatable bonds is 5. The third-order valence-corrected chi connectivity index (χ3v) is 6.00. The van der Waals surface area contributed by atoms with E-state index in [1.165, 1.54) is 32.9 Å². The minimum absolute atomic E-state index is 0.113. The summed E-state index contributed by atoms with van der Waals surface area (Å²) in [7, 11) is 2.74. The number of methoxy groups -OCH3 is 2. The van der Waals surface area contributed by atoms with Crippen molar-refractivity contribution < 1.29 is 28.6 Å². The molecule has 154 valence electrons. The molecule has 0 bridgehead atoms. The number of esters is 2. The molecule has 9 heteroatoms. The summed E-state index contributed by atoms with van der Waals surface area (Å²) in [5, 5.41) is 0.295. The molecular weight excluding hydrogens is 396 g/mol. The molecule has 2 atom stereocenters. The summed E-state index contributed by atoms with van der Waals surface area (Å²) in [5.41, 5.74) is 1.40. The molecule has 1 saturated heterocycles. The van der Waals surface area contributed by atoms with Gasteiger partial charge in [0.15, 0.2) is 16.7 Å². The van der Waals surface area contributed by atoms with Gasteiger partial charge in [0.05, 0.1) is 36.8 Å². The summed E-state index contributed by atoms with van der Waals surface area (Å²) < 4.78 is 15.5. The first-order valence-corrected chi connectivity index (χ1v) is 9.94. The van der Waals surface area contributed by atoms with Gasteiger partial charge in [0, 0.05) is 6.92 Å². The largest absolute Gasteiger partial charge is 0.493 e. The van der Waals surface area contributed by atoms with Gasteiger partial charge >= 0.3 is 11.9 Å². The van der Waals surface area contributed by atoms with Gasteiger partial charge in [0.1, 0.15) is 0 Å². The molecule has 0 radical (unpaired) electrons. The van der Waals surface area contributed by atoms with Crippen molar-refractivity contribution in [2.75, 3.05) is 14.2 Å². The number of nitrogens with zero attached hydrogens (tertiary/aromatic N) is 2. The van der Waals surface area contributed by atoms with E-state index in [2.05, 4.69) is 4.99 Å². The van der Waals surface area contributed by atoms with Crippen LogP contribution in [0.1, 0.15) is 38.8 Å². The first kappa shape index (κ1) is 20.9. The molecule has 0 aromatic heterocycles. The Morgan fingerprint density at radius 1 is 1.24 bits per heavy atom. The first-order valence-electron chi connectivity index (χ1n) is 9.06. The van der Waals surface area contributed by atoms with E-state index in [4.69, 9.17) is 14.2 Å². The second-order valence-electron chi connectivity index (χ2n) is 6.51. The maximum atomic E-state index is 13.0. The van der Waals surface area contributed by atoms with Crippen LogP contribution in [0.4, 0.5) is 0 Å². The number of amides is 1. The van der Waals surface area contributed by atoms with Crippen molar-refractivity contribution in [3.63, 3.8) is 0 Å². The fourth-order valence-corrected chi connectivity index (χ4v) is 4.50. The number of amidine groups is 1. The number of hydrogen-bond donors (Lipinski definition) is 0. The molecule has 2 aliphatic rings. The van der Waals surface area contributed by atoms with Crippen LogP contribution in [0.15, 0.2) is 34.5 Å². The fraction of sp³-hybridized carbons (Fsp3) is 0.400. The number of ether oxygens (including phenoxy) is 3. The van der Waals surface area contributed by atoms with E-state index in [-0.39, 0.29) is 22.5 Å². The zero-order valence-corrected chi connectivity index (χ0v) is 17.7. The van der Waals surface area contributed by atoms with Crippen LogP contribution in [0.25, 0.3) is 0 Å². The van der Waals surface area contributed by atoms with Gasteiger partial charge in [-0.25, -0.2) is 9.79 Å². The predicted octanol–water partition coefficient (Wildman–Crippen LogP) is 2.83. The number of carbonyl (C=O) groups excluding carboxylic acids is 3. The highest BCUT2D eigenvalue weighted by molar-refractivity contribution is 8.15. The summed E-state index contributed by atoms with van der Waals surface area (Å²) in [6.07, 6.45) is 0.646. The third-order valence-electron chi connectivity index (χ3n) is 4.68. The lowest BCUT2D eigenvalue weighted by Gasteiger charge is -2.33. The number of benzene rings is 1. The maximum absolute atomic E-state index is 13.0. The zero-order valence-electron chi connectivity index (χ0n) is 16.8. The lowest BCUT2D eigenvalue weighted by molar-refractivity contribution is -0.137. The quantitative estimate of drug-likeness (QED) is 0.536. The molecule has 1 aromatic rings. The fourth-order valence-electron chi connectivity index (χ4n) is 3.37. The average molecular weight is 418 g/mol.